The van der Waals surface area contributed by atoms with E-state index < -0.39 is 0 Å². The zero-order valence-electron chi connectivity index (χ0n) is 15.0. The van der Waals surface area contributed by atoms with Crippen LogP contribution < -0.4 is 5.32 Å². The minimum atomic E-state index is -0.310. The van der Waals surface area contributed by atoms with Gasteiger partial charge in [-0.05, 0) is 38.1 Å². The van der Waals surface area contributed by atoms with E-state index in [1.54, 1.807) is 18.5 Å². The summed E-state index contributed by atoms with van der Waals surface area (Å²) in [5, 5.41) is 11.9. The lowest BCUT2D eigenvalue weighted by molar-refractivity contribution is 0.102. The molecule has 0 aliphatic heterocycles. The lowest BCUT2D eigenvalue weighted by Gasteiger charge is -2.10. The first kappa shape index (κ1) is 16.8. The Kier molecular flexibility index (Phi) is 4.33. The van der Waals surface area contributed by atoms with Crippen LogP contribution in [0.25, 0.3) is 22.4 Å². The van der Waals surface area contributed by atoms with Gasteiger partial charge in [-0.15, -0.1) is 10.2 Å². The van der Waals surface area contributed by atoms with E-state index in [-0.39, 0.29) is 11.9 Å². The van der Waals surface area contributed by atoms with Crippen molar-refractivity contribution in [3.05, 3.63) is 66.6 Å². The lowest BCUT2D eigenvalue weighted by atomic mass is 10.2. The molecule has 0 spiro atoms. The van der Waals surface area contributed by atoms with E-state index in [0.29, 0.717) is 23.0 Å². The fourth-order valence-corrected chi connectivity index (χ4v) is 2.81. The van der Waals surface area contributed by atoms with Crippen molar-refractivity contribution in [1.82, 2.24) is 24.7 Å². The van der Waals surface area contributed by atoms with Gasteiger partial charge in [0.2, 0.25) is 0 Å². The topological polar surface area (TPSA) is 85.6 Å². The van der Waals surface area contributed by atoms with Gasteiger partial charge in [-0.25, -0.2) is 9.97 Å². The number of aromatic nitrogens is 5. The minimum Gasteiger partial charge on any atom is -0.310 e. The maximum Gasteiger partial charge on any atom is 0.275 e. The van der Waals surface area contributed by atoms with Gasteiger partial charge in [0.1, 0.15) is 23.5 Å². The third kappa shape index (κ3) is 3.39. The van der Waals surface area contributed by atoms with Crippen LogP contribution >= 0.6 is 0 Å². The second-order valence-electron chi connectivity index (χ2n) is 6.41. The molecule has 0 radical (unpaired) electrons. The molecule has 4 rings (SSSR count). The second kappa shape index (κ2) is 6.95. The van der Waals surface area contributed by atoms with E-state index in [4.69, 9.17) is 0 Å². The number of para-hydroxylation sites is 1. The van der Waals surface area contributed by atoms with Gasteiger partial charge in [0.25, 0.3) is 5.91 Å². The standard InChI is InChI=1S/C20H18N6O/c1-13(2)26-12-21-25-19(26)16-8-5-9-18(23-16)24-20(27)17-11-10-14-6-3-4-7-15(14)22-17/h3-13H,1-2H3,(H,23,24,27). The predicted molar refractivity (Wildman–Crippen MR) is 103 cm³/mol. The number of hydrogen-bond donors (Lipinski definition) is 1. The second-order valence-corrected chi connectivity index (χ2v) is 6.41. The summed E-state index contributed by atoms with van der Waals surface area (Å²) in [4.78, 5) is 21.5. The van der Waals surface area contributed by atoms with E-state index >= 15 is 0 Å². The predicted octanol–water partition coefficient (Wildman–Crippen LogP) is 3.72. The number of carbonyl (C=O) groups is 1. The van der Waals surface area contributed by atoms with Crippen molar-refractivity contribution in [3.8, 4) is 11.5 Å². The number of amides is 1. The van der Waals surface area contributed by atoms with E-state index in [0.717, 1.165) is 10.9 Å². The van der Waals surface area contributed by atoms with E-state index in [2.05, 4.69) is 25.5 Å². The van der Waals surface area contributed by atoms with E-state index in [1.165, 1.54) is 0 Å². The van der Waals surface area contributed by atoms with Gasteiger partial charge in [-0.2, -0.15) is 0 Å². The number of benzene rings is 1. The molecule has 0 aliphatic carbocycles. The van der Waals surface area contributed by atoms with Gasteiger partial charge in [0.15, 0.2) is 5.82 Å². The molecule has 0 unspecified atom stereocenters. The first-order chi connectivity index (χ1) is 13.1. The van der Waals surface area contributed by atoms with Gasteiger partial charge in [-0.3, -0.25) is 4.79 Å². The smallest absolute Gasteiger partial charge is 0.275 e. The Hall–Kier alpha value is -3.61. The van der Waals surface area contributed by atoms with Gasteiger partial charge >= 0.3 is 0 Å². The average Bonchev–Trinajstić information content (AvgIpc) is 3.18. The number of hydrogen-bond acceptors (Lipinski definition) is 5. The third-order valence-corrected chi connectivity index (χ3v) is 4.18. The highest BCUT2D eigenvalue weighted by Crippen LogP contribution is 2.20. The first-order valence-electron chi connectivity index (χ1n) is 8.66. The molecular formula is C20H18N6O. The van der Waals surface area contributed by atoms with Crippen LogP contribution in [0.15, 0.2) is 60.9 Å². The molecule has 1 aromatic carbocycles. The fraction of sp³-hybridized carbons (Fsp3) is 0.150. The molecule has 0 aliphatic rings. The molecule has 0 bridgehead atoms. The fourth-order valence-electron chi connectivity index (χ4n) is 2.81. The SMILES string of the molecule is CC(C)n1cnnc1-c1cccc(NC(=O)c2ccc3ccccc3n2)n1. The monoisotopic (exact) mass is 358 g/mol. The zero-order chi connectivity index (χ0) is 18.8. The van der Waals surface area contributed by atoms with E-state index in [9.17, 15) is 4.79 Å². The Morgan fingerprint density at radius 2 is 1.85 bits per heavy atom. The Balaban J connectivity index is 1.60. The summed E-state index contributed by atoms with van der Waals surface area (Å²) in [5.41, 5.74) is 1.76. The molecule has 1 amide bonds. The van der Waals surface area contributed by atoms with Crippen molar-refractivity contribution in [2.75, 3.05) is 5.32 Å². The highest BCUT2D eigenvalue weighted by atomic mass is 16.1. The Labute approximate surface area is 156 Å². The summed E-state index contributed by atoms with van der Waals surface area (Å²) >= 11 is 0. The van der Waals surface area contributed by atoms with Crippen LogP contribution in [-0.4, -0.2) is 30.6 Å². The van der Waals surface area contributed by atoms with Crippen molar-refractivity contribution in [2.24, 2.45) is 0 Å². The number of nitrogens with zero attached hydrogens (tertiary/aromatic N) is 5. The summed E-state index contributed by atoms with van der Waals surface area (Å²) in [7, 11) is 0. The van der Waals surface area contributed by atoms with Crippen LogP contribution in [0.4, 0.5) is 5.82 Å². The summed E-state index contributed by atoms with van der Waals surface area (Å²) < 4.78 is 1.93. The maximum atomic E-state index is 12.6. The zero-order valence-corrected chi connectivity index (χ0v) is 15.0. The van der Waals surface area contributed by atoms with Crippen LogP contribution in [0.2, 0.25) is 0 Å². The van der Waals surface area contributed by atoms with Gasteiger partial charge < -0.3 is 9.88 Å². The summed E-state index contributed by atoms with van der Waals surface area (Å²) in [6.07, 6.45) is 1.67. The molecule has 7 heteroatoms. The normalized spacial score (nSPS) is 11.1. The molecule has 1 N–H and O–H groups in total. The van der Waals surface area contributed by atoms with Crippen LogP contribution in [-0.2, 0) is 0 Å². The summed E-state index contributed by atoms with van der Waals surface area (Å²) in [6, 6.07) is 16.9. The highest BCUT2D eigenvalue weighted by molar-refractivity contribution is 6.03. The number of fused-ring (bicyclic) bond motifs is 1. The number of rotatable bonds is 4. The Morgan fingerprint density at radius 3 is 2.70 bits per heavy atom. The molecule has 0 fully saturated rings. The molecular weight excluding hydrogens is 340 g/mol. The Morgan fingerprint density at radius 1 is 1.00 bits per heavy atom. The van der Waals surface area contributed by atoms with Gasteiger partial charge in [-0.1, -0.05) is 30.3 Å². The summed E-state index contributed by atoms with van der Waals surface area (Å²) in [6.45, 7) is 4.09. The largest absolute Gasteiger partial charge is 0.310 e. The number of carbonyl (C=O) groups excluding carboxylic acids is 1. The number of pyridine rings is 2. The van der Waals surface area contributed by atoms with Gasteiger partial charge in [0, 0.05) is 11.4 Å². The Bertz CT molecular complexity index is 1120. The lowest BCUT2D eigenvalue weighted by Crippen LogP contribution is -2.15. The van der Waals surface area contributed by atoms with Crippen molar-refractivity contribution in [2.45, 2.75) is 19.9 Å². The number of anilines is 1. The molecule has 3 heterocycles. The molecule has 134 valence electrons. The van der Waals surface area contributed by atoms with Crippen molar-refractivity contribution < 1.29 is 4.79 Å². The highest BCUT2D eigenvalue weighted by Gasteiger charge is 2.13. The first-order valence-corrected chi connectivity index (χ1v) is 8.66. The van der Waals surface area contributed by atoms with E-state index in [1.807, 2.05) is 60.9 Å². The van der Waals surface area contributed by atoms with Gasteiger partial charge in [0.05, 0.1) is 5.52 Å². The van der Waals surface area contributed by atoms with Crippen molar-refractivity contribution in [3.63, 3.8) is 0 Å². The maximum absolute atomic E-state index is 12.6. The van der Waals surface area contributed by atoms with Crippen molar-refractivity contribution >= 4 is 22.6 Å². The van der Waals surface area contributed by atoms with Crippen LogP contribution in [0, 0.1) is 0 Å². The molecule has 0 saturated carbocycles. The average molecular weight is 358 g/mol. The molecule has 27 heavy (non-hydrogen) atoms. The minimum absolute atomic E-state index is 0.205. The number of nitrogens with one attached hydrogen (secondary N) is 1. The van der Waals surface area contributed by atoms with Crippen LogP contribution in [0.5, 0.6) is 0 Å². The molecule has 7 nitrogen and oxygen atoms in total. The van der Waals surface area contributed by atoms with Crippen LogP contribution in [0.1, 0.15) is 30.4 Å². The van der Waals surface area contributed by atoms with Crippen LogP contribution in [0.3, 0.4) is 0 Å². The molecule has 4 aromatic rings. The third-order valence-electron chi connectivity index (χ3n) is 4.18. The van der Waals surface area contributed by atoms with Crippen molar-refractivity contribution in [1.29, 1.82) is 0 Å². The summed E-state index contributed by atoms with van der Waals surface area (Å²) in [5.74, 6) is 0.784. The quantitative estimate of drug-likeness (QED) is 0.601. The molecule has 3 aromatic heterocycles. The molecule has 0 atom stereocenters. The molecule has 0 saturated heterocycles.